The van der Waals surface area contributed by atoms with Crippen LogP contribution in [0.1, 0.15) is 26.3 Å². The summed E-state index contributed by atoms with van der Waals surface area (Å²) < 4.78 is 0. The summed E-state index contributed by atoms with van der Waals surface area (Å²) in [7, 11) is 0. The van der Waals surface area contributed by atoms with Crippen molar-refractivity contribution in [3.8, 4) is 33.8 Å². The molecular formula is C25H24N2. The number of H-pyrrole nitrogens is 1. The molecule has 1 heterocycles. The molecule has 1 N–H and O–H groups in total. The highest BCUT2D eigenvalue weighted by molar-refractivity contribution is 5.69. The zero-order valence-electron chi connectivity index (χ0n) is 16.0. The Labute approximate surface area is 160 Å². The Hall–Kier alpha value is -3.13. The number of aromatic nitrogens is 2. The predicted octanol–water partition coefficient (Wildman–Crippen LogP) is 6.71. The Kier molecular flexibility index (Phi) is 4.41. The second-order valence-electron chi connectivity index (χ2n) is 7.92. The highest BCUT2D eigenvalue weighted by Crippen LogP contribution is 2.28. The van der Waals surface area contributed by atoms with Crippen LogP contribution in [-0.2, 0) is 5.41 Å². The zero-order chi connectivity index (χ0) is 18.9. The summed E-state index contributed by atoms with van der Waals surface area (Å²) >= 11 is 0. The number of nitrogens with one attached hydrogen (secondary N) is 1. The Balaban J connectivity index is 1.57. The van der Waals surface area contributed by atoms with Crippen LogP contribution in [0.4, 0.5) is 0 Å². The number of benzene rings is 3. The van der Waals surface area contributed by atoms with E-state index in [-0.39, 0.29) is 5.41 Å². The van der Waals surface area contributed by atoms with Gasteiger partial charge < -0.3 is 4.98 Å². The first-order valence-corrected chi connectivity index (χ1v) is 9.32. The Morgan fingerprint density at radius 2 is 1.19 bits per heavy atom. The van der Waals surface area contributed by atoms with Gasteiger partial charge in [0.15, 0.2) is 0 Å². The van der Waals surface area contributed by atoms with Gasteiger partial charge in [-0.1, -0.05) is 99.6 Å². The normalized spacial score (nSPS) is 11.5. The molecule has 134 valence electrons. The molecule has 0 bridgehead atoms. The van der Waals surface area contributed by atoms with Gasteiger partial charge in [-0.05, 0) is 27.7 Å². The third-order valence-electron chi connectivity index (χ3n) is 4.90. The van der Waals surface area contributed by atoms with E-state index < -0.39 is 0 Å². The molecule has 0 amide bonds. The van der Waals surface area contributed by atoms with Crippen LogP contribution < -0.4 is 0 Å². The van der Waals surface area contributed by atoms with E-state index >= 15 is 0 Å². The molecule has 0 aliphatic carbocycles. The summed E-state index contributed by atoms with van der Waals surface area (Å²) in [6, 6.07) is 27.7. The lowest BCUT2D eigenvalue weighted by atomic mass is 9.86. The Morgan fingerprint density at radius 3 is 1.81 bits per heavy atom. The molecule has 0 atom stereocenters. The SMILES string of the molecule is CC(C)(C)c1ccc(-c2cnc(-c3ccc(-c4ccccc4)cc3)[nH]2)cc1. The van der Waals surface area contributed by atoms with E-state index in [0.717, 1.165) is 22.6 Å². The van der Waals surface area contributed by atoms with E-state index in [4.69, 9.17) is 0 Å². The van der Waals surface area contributed by atoms with Gasteiger partial charge in [0.25, 0.3) is 0 Å². The van der Waals surface area contributed by atoms with Crippen LogP contribution in [0.25, 0.3) is 33.8 Å². The van der Waals surface area contributed by atoms with Crippen LogP contribution in [0, 0.1) is 0 Å². The lowest BCUT2D eigenvalue weighted by Gasteiger charge is -2.18. The maximum Gasteiger partial charge on any atom is 0.137 e. The summed E-state index contributed by atoms with van der Waals surface area (Å²) in [4.78, 5) is 8.03. The summed E-state index contributed by atoms with van der Waals surface area (Å²) in [5.41, 5.74) is 7.22. The lowest BCUT2D eigenvalue weighted by molar-refractivity contribution is 0.590. The fourth-order valence-electron chi connectivity index (χ4n) is 3.22. The van der Waals surface area contributed by atoms with Crippen molar-refractivity contribution in [2.75, 3.05) is 0 Å². The largest absolute Gasteiger partial charge is 0.338 e. The molecule has 0 fully saturated rings. The highest BCUT2D eigenvalue weighted by Gasteiger charge is 2.13. The molecule has 0 aliphatic rings. The first-order valence-electron chi connectivity index (χ1n) is 9.32. The number of hydrogen-bond acceptors (Lipinski definition) is 1. The molecule has 3 aromatic carbocycles. The van der Waals surface area contributed by atoms with E-state index in [1.807, 2.05) is 12.3 Å². The van der Waals surface area contributed by atoms with Crippen molar-refractivity contribution >= 4 is 0 Å². The van der Waals surface area contributed by atoms with Crippen LogP contribution >= 0.6 is 0 Å². The third-order valence-corrected chi connectivity index (χ3v) is 4.90. The van der Waals surface area contributed by atoms with Gasteiger partial charge in [-0.15, -0.1) is 0 Å². The van der Waals surface area contributed by atoms with Crippen molar-refractivity contribution in [2.24, 2.45) is 0 Å². The fraction of sp³-hybridized carbons (Fsp3) is 0.160. The Morgan fingerprint density at radius 1 is 0.630 bits per heavy atom. The van der Waals surface area contributed by atoms with Crippen molar-refractivity contribution in [1.29, 1.82) is 0 Å². The van der Waals surface area contributed by atoms with Crippen LogP contribution in [0.3, 0.4) is 0 Å². The molecule has 0 saturated heterocycles. The third kappa shape index (κ3) is 3.70. The fourth-order valence-corrected chi connectivity index (χ4v) is 3.22. The second kappa shape index (κ2) is 6.88. The van der Waals surface area contributed by atoms with Crippen LogP contribution in [0.15, 0.2) is 85.1 Å². The Bertz CT molecular complexity index is 1020. The molecule has 0 saturated carbocycles. The molecule has 4 aromatic rings. The minimum atomic E-state index is 0.165. The average Bonchev–Trinajstić information content (AvgIpc) is 3.18. The maximum absolute atomic E-state index is 4.58. The van der Waals surface area contributed by atoms with Crippen molar-refractivity contribution in [3.63, 3.8) is 0 Å². The van der Waals surface area contributed by atoms with Crippen LogP contribution in [0.2, 0.25) is 0 Å². The maximum atomic E-state index is 4.58. The minimum absolute atomic E-state index is 0.165. The van der Waals surface area contributed by atoms with Gasteiger partial charge in [0.1, 0.15) is 5.82 Å². The molecular weight excluding hydrogens is 328 g/mol. The molecule has 0 spiro atoms. The summed E-state index contributed by atoms with van der Waals surface area (Å²) in [5.74, 6) is 0.893. The molecule has 0 radical (unpaired) electrons. The van der Waals surface area contributed by atoms with Gasteiger partial charge >= 0.3 is 0 Å². The predicted molar refractivity (Wildman–Crippen MR) is 114 cm³/mol. The van der Waals surface area contributed by atoms with Gasteiger partial charge in [0.2, 0.25) is 0 Å². The number of rotatable bonds is 3. The van der Waals surface area contributed by atoms with Gasteiger partial charge in [0, 0.05) is 5.56 Å². The molecule has 2 heteroatoms. The average molecular weight is 352 g/mol. The quantitative estimate of drug-likeness (QED) is 0.436. The molecule has 27 heavy (non-hydrogen) atoms. The van der Waals surface area contributed by atoms with Crippen molar-refractivity contribution in [3.05, 3.63) is 90.6 Å². The van der Waals surface area contributed by atoms with Gasteiger partial charge in [-0.2, -0.15) is 0 Å². The van der Waals surface area contributed by atoms with Crippen molar-refractivity contribution < 1.29 is 0 Å². The molecule has 4 rings (SSSR count). The van der Waals surface area contributed by atoms with E-state index in [0.29, 0.717) is 0 Å². The molecule has 2 nitrogen and oxygen atoms in total. The van der Waals surface area contributed by atoms with Gasteiger partial charge in [-0.3, -0.25) is 0 Å². The topological polar surface area (TPSA) is 28.7 Å². The number of hydrogen-bond donors (Lipinski definition) is 1. The summed E-state index contributed by atoms with van der Waals surface area (Å²) in [6.07, 6.45) is 1.91. The minimum Gasteiger partial charge on any atom is -0.338 e. The molecule has 1 aromatic heterocycles. The highest BCUT2D eigenvalue weighted by atomic mass is 14.9. The molecule has 0 unspecified atom stereocenters. The van der Waals surface area contributed by atoms with Crippen LogP contribution in [0.5, 0.6) is 0 Å². The first kappa shape index (κ1) is 17.3. The van der Waals surface area contributed by atoms with Crippen LogP contribution in [-0.4, -0.2) is 9.97 Å². The second-order valence-corrected chi connectivity index (χ2v) is 7.92. The monoisotopic (exact) mass is 352 g/mol. The van der Waals surface area contributed by atoms with Gasteiger partial charge in [-0.25, -0.2) is 4.98 Å². The van der Waals surface area contributed by atoms with E-state index in [1.165, 1.54) is 16.7 Å². The van der Waals surface area contributed by atoms with Crippen molar-refractivity contribution in [2.45, 2.75) is 26.2 Å². The van der Waals surface area contributed by atoms with E-state index in [2.05, 4.69) is 104 Å². The smallest absolute Gasteiger partial charge is 0.137 e. The number of nitrogens with zero attached hydrogens (tertiary/aromatic N) is 1. The summed E-state index contributed by atoms with van der Waals surface area (Å²) in [6.45, 7) is 6.69. The van der Waals surface area contributed by atoms with E-state index in [9.17, 15) is 0 Å². The number of aromatic amines is 1. The molecule has 0 aliphatic heterocycles. The summed E-state index contributed by atoms with van der Waals surface area (Å²) in [5, 5.41) is 0. The lowest BCUT2D eigenvalue weighted by Crippen LogP contribution is -2.10. The standard InChI is InChI=1S/C25H24N2/c1-25(2,3)22-15-13-20(14-16-22)23-17-26-24(27-23)21-11-9-19(10-12-21)18-7-5-4-6-8-18/h4-17H,1-3H3,(H,26,27). The van der Waals surface area contributed by atoms with E-state index in [1.54, 1.807) is 0 Å². The first-order chi connectivity index (χ1) is 13.0. The van der Waals surface area contributed by atoms with Crippen molar-refractivity contribution in [1.82, 2.24) is 9.97 Å². The van der Waals surface area contributed by atoms with Gasteiger partial charge in [0.05, 0.1) is 11.9 Å². The zero-order valence-corrected chi connectivity index (χ0v) is 16.0. The number of imidazole rings is 1.